The predicted octanol–water partition coefficient (Wildman–Crippen LogP) is 3.13. The van der Waals surface area contributed by atoms with Gasteiger partial charge in [-0.25, -0.2) is 8.78 Å². The Morgan fingerprint density at radius 2 is 1.58 bits per heavy atom. The van der Waals surface area contributed by atoms with Gasteiger partial charge in [-0.2, -0.15) is 5.26 Å². The van der Waals surface area contributed by atoms with Crippen LogP contribution in [0.5, 0.6) is 0 Å². The first-order valence-electron chi connectivity index (χ1n) is 5.82. The topological polar surface area (TPSA) is 35.8 Å². The second-order valence-corrected chi connectivity index (χ2v) is 4.19. The van der Waals surface area contributed by atoms with Gasteiger partial charge in [0, 0.05) is 13.1 Å². The maximum atomic E-state index is 13.2. The predicted molar refractivity (Wildman–Crippen MR) is 68.1 cm³/mol. The lowest BCUT2D eigenvalue weighted by atomic mass is 10.1. The van der Waals surface area contributed by atoms with Gasteiger partial charge in [0.2, 0.25) is 0 Å². The molecule has 2 nitrogen and oxygen atoms in total. The number of rotatable bonds is 4. The molecular formula is C15H12F2N2. The van der Waals surface area contributed by atoms with E-state index in [1.807, 2.05) is 6.07 Å². The Morgan fingerprint density at radius 3 is 2.26 bits per heavy atom. The van der Waals surface area contributed by atoms with Gasteiger partial charge < -0.3 is 5.32 Å². The molecule has 0 aromatic heterocycles. The Labute approximate surface area is 110 Å². The Kier molecular flexibility index (Phi) is 4.22. The molecule has 4 heteroatoms. The normalized spacial score (nSPS) is 10.2. The zero-order valence-electron chi connectivity index (χ0n) is 10.2. The smallest absolute Gasteiger partial charge is 0.124 e. The Bertz CT molecular complexity index is 601. The van der Waals surface area contributed by atoms with E-state index in [2.05, 4.69) is 5.32 Å². The van der Waals surface area contributed by atoms with Crippen LogP contribution in [0.2, 0.25) is 0 Å². The van der Waals surface area contributed by atoms with Crippen LogP contribution in [0.3, 0.4) is 0 Å². The van der Waals surface area contributed by atoms with Crippen molar-refractivity contribution < 1.29 is 8.78 Å². The fourth-order valence-electron chi connectivity index (χ4n) is 1.77. The van der Waals surface area contributed by atoms with E-state index in [0.29, 0.717) is 24.2 Å². The number of halogens is 2. The second-order valence-electron chi connectivity index (χ2n) is 4.19. The first kappa shape index (κ1) is 13.2. The summed E-state index contributed by atoms with van der Waals surface area (Å²) in [6, 6.07) is 12.3. The van der Waals surface area contributed by atoms with Crippen molar-refractivity contribution in [3.05, 3.63) is 70.8 Å². The minimum atomic E-state index is -0.419. The van der Waals surface area contributed by atoms with Crippen LogP contribution < -0.4 is 5.32 Å². The maximum absolute atomic E-state index is 13.2. The van der Waals surface area contributed by atoms with Crippen LogP contribution in [-0.4, -0.2) is 0 Å². The van der Waals surface area contributed by atoms with E-state index in [0.717, 1.165) is 5.56 Å². The molecule has 96 valence electrons. The van der Waals surface area contributed by atoms with Gasteiger partial charge in [-0.15, -0.1) is 0 Å². The van der Waals surface area contributed by atoms with E-state index in [1.165, 1.54) is 24.3 Å². The van der Waals surface area contributed by atoms with Crippen molar-refractivity contribution in [2.24, 2.45) is 0 Å². The van der Waals surface area contributed by atoms with Crippen LogP contribution in [0, 0.1) is 23.0 Å². The summed E-state index contributed by atoms with van der Waals surface area (Å²) in [4.78, 5) is 0. The molecule has 0 unspecified atom stereocenters. The molecule has 0 heterocycles. The third kappa shape index (κ3) is 3.87. The van der Waals surface area contributed by atoms with Gasteiger partial charge in [-0.05, 0) is 41.5 Å². The molecule has 0 saturated heterocycles. The van der Waals surface area contributed by atoms with Crippen molar-refractivity contribution in [3.63, 3.8) is 0 Å². The maximum Gasteiger partial charge on any atom is 0.124 e. The quantitative estimate of drug-likeness (QED) is 0.914. The minimum Gasteiger partial charge on any atom is -0.309 e. The summed E-state index contributed by atoms with van der Waals surface area (Å²) in [5.74, 6) is -0.690. The summed E-state index contributed by atoms with van der Waals surface area (Å²) < 4.78 is 25.9. The fourth-order valence-corrected chi connectivity index (χ4v) is 1.77. The van der Waals surface area contributed by atoms with Crippen molar-refractivity contribution in [1.82, 2.24) is 5.32 Å². The van der Waals surface area contributed by atoms with E-state index in [4.69, 9.17) is 5.26 Å². The molecule has 2 aromatic rings. The summed E-state index contributed by atoms with van der Waals surface area (Å²) in [5, 5.41) is 11.9. The summed E-state index contributed by atoms with van der Waals surface area (Å²) in [6.07, 6.45) is 0. The van der Waals surface area contributed by atoms with Crippen molar-refractivity contribution in [2.75, 3.05) is 0 Å². The number of hydrogen-bond donors (Lipinski definition) is 1. The largest absolute Gasteiger partial charge is 0.309 e. The van der Waals surface area contributed by atoms with Gasteiger partial charge >= 0.3 is 0 Å². The molecule has 0 amide bonds. The Balaban J connectivity index is 1.94. The number of nitrogens with zero attached hydrogens (tertiary/aromatic N) is 1. The number of hydrogen-bond acceptors (Lipinski definition) is 2. The molecule has 0 aliphatic carbocycles. The summed E-state index contributed by atoms with van der Waals surface area (Å²) in [6.45, 7) is 1.00. The van der Waals surface area contributed by atoms with E-state index < -0.39 is 5.82 Å². The van der Waals surface area contributed by atoms with E-state index in [1.54, 1.807) is 18.2 Å². The van der Waals surface area contributed by atoms with Crippen molar-refractivity contribution in [2.45, 2.75) is 13.1 Å². The molecule has 0 aliphatic heterocycles. The average molecular weight is 258 g/mol. The zero-order valence-corrected chi connectivity index (χ0v) is 10.2. The Hall–Kier alpha value is -2.25. The third-order valence-corrected chi connectivity index (χ3v) is 2.66. The molecule has 0 aliphatic rings. The lowest BCUT2D eigenvalue weighted by molar-refractivity contribution is 0.617. The van der Waals surface area contributed by atoms with Crippen LogP contribution in [0.4, 0.5) is 8.78 Å². The Morgan fingerprint density at radius 1 is 0.895 bits per heavy atom. The van der Waals surface area contributed by atoms with Gasteiger partial charge in [-0.3, -0.25) is 0 Å². The molecule has 0 radical (unpaired) electrons. The summed E-state index contributed by atoms with van der Waals surface area (Å²) in [7, 11) is 0. The first-order valence-corrected chi connectivity index (χ1v) is 5.82. The van der Waals surface area contributed by atoms with Gasteiger partial charge in [0.1, 0.15) is 11.6 Å². The highest BCUT2D eigenvalue weighted by Gasteiger charge is 2.00. The van der Waals surface area contributed by atoms with Crippen LogP contribution >= 0.6 is 0 Å². The molecule has 2 rings (SSSR count). The lowest BCUT2D eigenvalue weighted by Crippen LogP contribution is -2.13. The van der Waals surface area contributed by atoms with E-state index in [9.17, 15) is 8.78 Å². The number of nitriles is 1. The third-order valence-electron chi connectivity index (χ3n) is 2.66. The molecule has 0 fully saturated rings. The van der Waals surface area contributed by atoms with Crippen molar-refractivity contribution >= 4 is 0 Å². The summed E-state index contributed by atoms with van der Waals surface area (Å²) in [5.41, 5.74) is 1.95. The fraction of sp³-hybridized carbons (Fsp3) is 0.133. The van der Waals surface area contributed by atoms with Gasteiger partial charge in [0.05, 0.1) is 11.6 Å². The number of benzene rings is 2. The SMILES string of the molecule is N#Cc1cc(F)cc(CNCc2ccc(F)cc2)c1. The standard InChI is InChI=1S/C15H12F2N2/c16-14-3-1-11(2-4-14)9-19-10-13-5-12(8-18)6-15(17)7-13/h1-7,19H,9-10H2. The highest BCUT2D eigenvalue weighted by Crippen LogP contribution is 2.09. The molecule has 19 heavy (non-hydrogen) atoms. The van der Waals surface area contributed by atoms with E-state index in [-0.39, 0.29) is 5.82 Å². The highest BCUT2D eigenvalue weighted by molar-refractivity contribution is 5.33. The minimum absolute atomic E-state index is 0.271. The van der Waals surface area contributed by atoms with Crippen LogP contribution in [0.1, 0.15) is 16.7 Å². The molecule has 0 spiro atoms. The molecular weight excluding hydrogens is 246 g/mol. The molecule has 0 saturated carbocycles. The van der Waals surface area contributed by atoms with Gasteiger partial charge in [0.25, 0.3) is 0 Å². The monoisotopic (exact) mass is 258 g/mol. The van der Waals surface area contributed by atoms with Crippen molar-refractivity contribution in [3.8, 4) is 6.07 Å². The summed E-state index contributed by atoms with van der Waals surface area (Å²) >= 11 is 0. The number of nitrogens with one attached hydrogen (secondary N) is 1. The van der Waals surface area contributed by atoms with Crippen LogP contribution in [-0.2, 0) is 13.1 Å². The molecule has 0 bridgehead atoms. The second kappa shape index (κ2) is 6.07. The van der Waals surface area contributed by atoms with Gasteiger partial charge in [-0.1, -0.05) is 12.1 Å². The highest BCUT2D eigenvalue weighted by atomic mass is 19.1. The van der Waals surface area contributed by atoms with Crippen LogP contribution in [0.25, 0.3) is 0 Å². The molecule has 2 aromatic carbocycles. The van der Waals surface area contributed by atoms with E-state index >= 15 is 0 Å². The lowest BCUT2D eigenvalue weighted by Gasteiger charge is -2.06. The average Bonchev–Trinajstić information content (AvgIpc) is 2.40. The van der Waals surface area contributed by atoms with Crippen LogP contribution in [0.15, 0.2) is 42.5 Å². The molecule has 0 atom stereocenters. The zero-order chi connectivity index (χ0) is 13.7. The van der Waals surface area contributed by atoms with Crippen molar-refractivity contribution in [1.29, 1.82) is 5.26 Å². The first-order chi connectivity index (χ1) is 9.17. The van der Waals surface area contributed by atoms with Gasteiger partial charge in [0.15, 0.2) is 0 Å². The molecule has 1 N–H and O–H groups in total.